The highest BCUT2D eigenvalue weighted by molar-refractivity contribution is 6.03. The smallest absolute Gasteiger partial charge is 0.275 e. The number of imidazole rings is 1. The molecule has 0 radical (unpaired) electrons. The van der Waals surface area contributed by atoms with E-state index in [0.29, 0.717) is 23.2 Å². The number of benzene rings is 1. The van der Waals surface area contributed by atoms with E-state index in [4.69, 9.17) is 4.52 Å². The average Bonchev–Trinajstić information content (AvgIpc) is 3.33. The highest BCUT2D eigenvalue weighted by Crippen LogP contribution is 2.18. The van der Waals surface area contributed by atoms with Crippen LogP contribution in [0.4, 0.5) is 5.69 Å². The van der Waals surface area contributed by atoms with Crippen molar-refractivity contribution in [3.05, 3.63) is 72.2 Å². The Bertz CT molecular complexity index is 1100. The number of aromatic nitrogens is 5. The third-order valence-corrected chi connectivity index (χ3v) is 4.00. The molecule has 4 aromatic rings. The van der Waals surface area contributed by atoms with Crippen molar-refractivity contribution >= 4 is 11.6 Å². The molecular weight excluding hydrogens is 344 g/mol. The van der Waals surface area contributed by atoms with Crippen molar-refractivity contribution in [3.8, 4) is 17.3 Å². The van der Waals surface area contributed by atoms with Gasteiger partial charge in [0.1, 0.15) is 17.8 Å². The molecule has 1 amide bonds. The number of carbonyl (C=O) groups excluding carboxylic acids is 1. The van der Waals surface area contributed by atoms with Gasteiger partial charge in [0.25, 0.3) is 11.8 Å². The Kier molecular flexibility index (Phi) is 4.21. The molecule has 0 spiro atoms. The average molecular weight is 360 g/mol. The molecule has 0 aliphatic rings. The van der Waals surface area contributed by atoms with Gasteiger partial charge in [0.15, 0.2) is 5.82 Å². The first-order valence-corrected chi connectivity index (χ1v) is 8.28. The minimum Gasteiger partial charge on any atom is -0.334 e. The molecule has 0 saturated heterocycles. The minimum absolute atomic E-state index is 0.277. The normalized spacial score (nSPS) is 10.7. The third-order valence-electron chi connectivity index (χ3n) is 4.00. The Morgan fingerprint density at radius 2 is 1.96 bits per heavy atom. The number of amides is 1. The molecule has 0 aliphatic carbocycles. The van der Waals surface area contributed by atoms with Crippen molar-refractivity contribution in [2.45, 2.75) is 13.8 Å². The second kappa shape index (κ2) is 6.83. The predicted octanol–water partition coefficient (Wildman–Crippen LogP) is 3.19. The number of para-hydroxylation sites is 1. The van der Waals surface area contributed by atoms with Gasteiger partial charge in [-0.05, 0) is 37.6 Å². The number of hydrogen-bond donors (Lipinski definition) is 1. The monoisotopic (exact) mass is 360 g/mol. The van der Waals surface area contributed by atoms with E-state index in [1.807, 2.05) is 37.3 Å². The topological polar surface area (TPSA) is 98.7 Å². The van der Waals surface area contributed by atoms with Gasteiger partial charge in [0.05, 0.1) is 5.56 Å². The number of rotatable bonds is 4. The van der Waals surface area contributed by atoms with Crippen LogP contribution in [0, 0.1) is 13.8 Å². The fraction of sp³-hybridized carbons (Fsp3) is 0.105. The Hall–Kier alpha value is -3.81. The highest BCUT2D eigenvalue weighted by atomic mass is 16.5. The first-order valence-electron chi connectivity index (χ1n) is 8.28. The number of nitrogens with one attached hydrogen (secondary N) is 1. The lowest BCUT2D eigenvalue weighted by atomic mass is 10.2. The summed E-state index contributed by atoms with van der Waals surface area (Å²) in [5.41, 5.74) is 2.77. The van der Waals surface area contributed by atoms with Crippen molar-refractivity contribution in [1.29, 1.82) is 0 Å². The second-order valence-electron chi connectivity index (χ2n) is 5.99. The summed E-state index contributed by atoms with van der Waals surface area (Å²) >= 11 is 0. The van der Waals surface area contributed by atoms with E-state index < -0.39 is 0 Å². The van der Waals surface area contributed by atoms with Crippen molar-refractivity contribution in [3.63, 3.8) is 0 Å². The van der Waals surface area contributed by atoms with Gasteiger partial charge in [-0.2, -0.15) is 4.98 Å². The van der Waals surface area contributed by atoms with E-state index in [1.54, 1.807) is 36.3 Å². The molecular formula is C19H16N6O2. The summed E-state index contributed by atoms with van der Waals surface area (Å²) in [6.07, 6.45) is 4.81. The molecule has 8 nitrogen and oxygen atoms in total. The fourth-order valence-electron chi connectivity index (χ4n) is 2.54. The summed E-state index contributed by atoms with van der Waals surface area (Å²) in [6, 6.07) is 11.2. The molecule has 0 fully saturated rings. The van der Waals surface area contributed by atoms with Gasteiger partial charge in [-0.3, -0.25) is 9.36 Å². The zero-order chi connectivity index (χ0) is 18.8. The molecule has 1 aromatic carbocycles. The van der Waals surface area contributed by atoms with Gasteiger partial charge in [0.2, 0.25) is 0 Å². The Morgan fingerprint density at radius 1 is 1.11 bits per heavy atom. The molecule has 0 atom stereocenters. The summed E-state index contributed by atoms with van der Waals surface area (Å²) in [7, 11) is 0. The van der Waals surface area contributed by atoms with Gasteiger partial charge < -0.3 is 9.84 Å². The lowest BCUT2D eigenvalue weighted by molar-refractivity contribution is 0.102. The summed E-state index contributed by atoms with van der Waals surface area (Å²) in [4.78, 5) is 25.1. The maximum absolute atomic E-state index is 12.4. The van der Waals surface area contributed by atoms with E-state index in [0.717, 1.165) is 16.8 Å². The third kappa shape index (κ3) is 3.45. The lowest BCUT2D eigenvalue weighted by Gasteiger charge is -2.06. The lowest BCUT2D eigenvalue weighted by Crippen LogP contribution is -2.13. The summed E-state index contributed by atoms with van der Waals surface area (Å²) in [5, 5.41) is 6.62. The number of nitrogens with zero attached hydrogens (tertiary/aromatic N) is 5. The zero-order valence-corrected chi connectivity index (χ0v) is 14.7. The first kappa shape index (κ1) is 16.6. The SMILES string of the molecule is Cc1noc(-c2ccc(-n3cnc(C(=O)Nc4ccccc4C)c3)nc2)n1. The maximum atomic E-state index is 12.4. The number of carbonyl (C=O) groups is 1. The second-order valence-corrected chi connectivity index (χ2v) is 5.99. The molecule has 1 N–H and O–H groups in total. The van der Waals surface area contributed by atoms with Gasteiger partial charge in [-0.15, -0.1) is 0 Å². The van der Waals surface area contributed by atoms with E-state index in [1.165, 1.54) is 0 Å². The fourth-order valence-corrected chi connectivity index (χ4v) is 2.54. The highest BCUT2D eigenvalue weighted by Gasteiger charge is 2.12. The van der Waals surface area contributed by atoms with Crippen LogP contribution in [0.1, 0.15) is 21.9 Å². The van der Waals surface area contributed by atoms with E-state index >= 15 is 0 Å². The minimum atomic E-state index is -0.277. The molecule has 27 heavy (non-hydrogen) atoms. The Labute approximate surface area is 154 Å². The molecule has 0 unspecified atom stereocenters. The van der Waals surface area contributed by atoms with Crippen LogP contribution in [-0.2, 0) is 0 Å². The molecule has 3 heterocycles. The van der Waals surface area contributed by atoms with E-state index in [9.17, 15) is 4.79 Å². The standard InChI is InChI=1S/C19H16N6O2/c1-12-5-3-4-6-15(12)23-18(26)16-10-25(11-21-16)17-8-7-14(9-20-17)19-22-13(2)24-27-19/h3-11H,1-2H3,(H,23,26). The van der Waals surface area contributed by atoms with Gasteiger partial charge in [-0.25, -0.2) is 9.97 Å². The molecule has 3 aromatic heterocycles. The van der Waals surface area contributed by atoms with Crippen molar-refractivity contribution in [1.82, 2.24) is 24.7 Å². The van der Waals surface area contributed by atoms with Crippen LogP contribution in [0.3, 0.4) is 0 Å². The summed E-state index contributed by atoms with van der Waals surface area (Å²) < 4.78 is 6.80. The maximum Gasteiger partial charge on any atom is 0.275 e. The molecule has 4 rings (SSSR count). The molecule has 8 heteroatoms. The van der Waals surface area contributed by atoms with Crippen molar-refractivity contribution in [2.75, 3.05) is 5.32 Å². The molecule has 0 aliphatic heterocycles. The van der Waals surface area contributed by atoms with Crippen LogP contribution in [-0.4, -0.2) is 30.6 Å². The van der Waals surface area contributed by atoms with Crippen LogP contribution >= 0.6 is 0 Å². The Morgan fingerprint density at radius 3 is 2.67 bits per heavy atom. The number of pyridine rings is 1. The van der Waals surface area contributed by atoms with E-state index in [-0.39, 0.29) is 5.91 Å². The first-order chi connectivity index (χ1) is 13.1. The van der Waals surface area contributed by atoms with Crippen LogP contribution < -0.4 is 5.32 Å². The van der Waals surface area contributed by atoms with Gasteiger partial charge >= 0.3 is 0 Å². The van der Waals surface area contributed by atoms with Gasteiger partial charge in [-0.1, -0.05) is 23.4 Å². The van der Waals surface area contributed by atoms with Crippen LogP contribution in [0.25, 0.3) is 17.3 Å². The van der Waals surface area contributed by atoms with Crippen molar-refractivity contribution < 1.29 is 9.32 Å². The summed E-state index contributed by atoms with van der Waals surface area (Å²) in [6.45, 7) is 3.69. The van der Waals surface area contributed by atoms with Crippen LogP contribution in [0.5, 0.6) is 0 Å². The zero-order valence-electron chi connectivity index (χ0n) is 14.7. The van der Waals surface area contributed by atoms with Gasteiger partial charge in [0, 0.05) is 18.1 Å². The van der Waals surface area contributed by atoms with Crippen LogP contribution in [0.15, 0.2) is 59.6 Å². The van der Waals surface area contributed by atoms with E-state index in [2.05, 4.69) is 25.4 Å². The molecule has 0 saturated carbocycles. The predicted molar refractivity (Wildman–Crippen MR) is 98.5 cm³/mol. The number of hydrogen-bond acceptors (Lipinski definition) is 6. The molecule has 0 bridgehead atoms. The number of aryl methyl sites for hydroxylation is 2. The summed E-state index contributed by atoms with van der Waals surface area (Å²) in [5.74, 6) is 1.32. The largest absolute Gasteiger partial charge is 0.334 e. The number of anilines is 1. The van der Waals surface area contributed by atoms with Crippen molar-refractivity contribution in [2.24, 2.45) is 0 Å². The molecule has 134 valence electrons. The van der Waals surface area contributed by atoms with Crippen LogP contribution in [0.2, 0.25) is 0 Å². The quantitative estimate of drug-likeness (QED) is 0.600. The Balaban J connectivity index is 1.52.